The first-order valence-corrected chi connectivity index (χ1v) is 7.82. The lowest BCUT2D eigenvalue weighted by molar-refractivity contribution is 0.0946. The normalized spacial score (nSPS) is 10.4. The molecule has 3 aromatic rings. The lowest BCUT2D eigenvalue weighted by Crippen LogP contribution is -2.22. The van der Waals surface area contributed by atoms with Gasteiger partial charge in [-0.1, -0.05) is 29.8 Å². The Morgan fingerprint density at radius 2 is 2.04 bits per heavy atom. The Balaban J connectivity index is 1.50. The highest BCUT2D eigenvalue weighted by molar-refractivity contribution is 6.30. The van der Waals surface area contributed by atoms with Crippen LogP contribution in [0.1, 0.15) is 21.7 Å². The van der Waals surface area contributed by atoms with Crippen molar-refractivity contribution >= 4 is 17.5 Å². The smallest absolute Gasteiger partial charge is 0.268 e. The summed E-state index contributed by atoms with van der Waals surface area (Å²) in [5.41, 5.74) is 2.29. The number of carbonyl (C=O) groups is 1. The van der Waals surface area contributed by atoms with Crippen LogP contribution in [-0.2, 0) is 13.2 Å². The molecule has 0 aliphatic rings. The molecule has 0 fully saturated rings. The summed E-state index contributed by atoms with van der Waals surface area (Å²) in [7, 11) is 0. The van der Waals surface area contributed by atoms with Crippen LogP contribution in [0.25, 0.3) is 0 Å². The van der Waals surface area contributed by atoms with E-state index in [0.29, 0.717) is 23.9 Å². The number of aromatic nitrogens is 2. The zero-order valence-electron chi connectivity index (χ0n) is 12.8. The van der Waals surface area contributed by atoms with Gasteiger partial charge in [-0.05, 0) is 35.9 Å². The molecule has 0 atom stereocenters. The molecular weight excluding hydrogens is 326 g/mol. The molecule has 0 spiro atoms. The lowest BCUT2D eigenvalue weighted by atomic mass is 10.2. The molecule has 0 saturated heterocycles. The maximum absolute atomic E-state index is 11.9. The highest BCUT2D eigenvalue weighted by Gasteiger charge is 2.07. The number of hydrogen-bond donors (Lipinski definition) is 2. The molecule has 2 aromatic heterocycles. The average Bonchev–Trinajstić information content (AvgIpc) is 3.06. The number of halogens is 1. The summed E-state index contributed by atoms with van der Waals surface area (Å²) in [5, 5.41) is 3.34. The number of hydrogen-bond acceptors (Lipinski definition) is 3. The molecule has 0 radical (unpaired) electrons. The van der Waals surface area contributed by atoms with Crippen LogP contribution in [0.15, 0.2) is 60.9 Å². The molecule has 0 aliphatic carbocycles. The van der Waals surface area contributed by atoms with Gasteiger partial charge in [0.2, 0.25) is 0 Å². The largest absolute Gasteiger partial charge is 0.487 e. The molecule has 1 aromatic carbocycles. The number of benzene rings is 1. The molecule has 1 amide bonds. The zero-order valence-corrected chi connectivity index (χ0v) is 13.6. The molecule has 5 nitrogen and oxygen atoms in total. The van der Waals surface area contributed by atoms with E-state index in [1.807, 2.05) is 42.5 Å². The van der Waals surface area contributed by atoms with E-state index in [1.54, 1.807) is 18.5 Å². The Bertz CT molecular complexity index is 801. The lowest BCUT2D eigenvalue weighted by Gasteiger charge is -2.07. The first kappa shape index (κ1) is 16.1. The van der Waals surface area contributed by atoms with E-state index in [4.69, 9.17) is 16.3 Å². The molecule has 0 unspecified atom stereocenters. The molecule has 122 valence electrons. The van der Waals surface area contributed by atoms with E-state index in [-0.39, 0.29) is 5.91 Å². The zero-order chi connectivity index (χ0) is 16.8. The Labute approximate surface area is 144 Å². The molecule has 0 aliphatic heterocycles. The summed E-state index contributed by atoms with van der Waals surface area (Å²) in [5.74, 6) is 0.559. The van der Waals surface area contributed by atoms with E-state index in [9.17, 15) is 4.79 Å². The van der Waals surface area contributed by atoms with Gasteiger partial charge in [0.25, 0.3) is 5.91 Å². The van der Waals surface area contributed by atoms with Crippen molar-refractivity contribution in [2.45, 2.75) is 13.2 Å². The Morgan fingerprint density at radius 3 is 2.71 bits per heavy atom. The molecule has 24 heavy (non-hydrogen) atoms. The molecule has 2 N–H and O–H groups in total. The molecular formula is C18H16ClN3O2. The number of H-pyrrole nitrogens is 1. The third kappa shape index (κ3) is 4.36. The number of carbonyl (C=O) groups excluding carboxylic acids is 1. The van der Waals surface area contributed by atoms with Crippen LogP contribution in [0.5, 0.6) is 5.75 Å². The van der Waals surface area contributed by atoms with Crippen molar-refractivity contribution in [3.63, 3.8) is 0 Å². The minimum absolute atomic E-state index is 0.197. The van der Waals surface area contributed by atoms with Crippen LogP contribution in [0.2, 0.25) is 5.02 Å². The summed E-state index contributed by atoms with van der Waals surface area (Å²) in [6, 6.07) is 14.9. The third-order valence-electron chi connectivity index (χ3n) is 3.38. The van der Waals surface area contributed by atoms with E-state index in [0.717, 1.165) is 17.0 Å². The first-order chi connectivity index (χ1) is 11.7. The van der Waals surface area contributed by atoms with Gasteiger partial charge in [0.15, 0.2) is 0 Å². The first-order valence-electron chi connectivity index (χ1n) is 7.44. The number of ether oxygens (including phenoxy) is 1. The van der Waals surface area contributed by atoms with Crippen molar-refractivity contribution < 1.29 is 9.53 Å². The molecule has 6 heteroatoms. The summed E-state index contributed by atoms with van der Waals surface area (Å²) in [6.07, 6.45) is 3.31. The van der Waals surface area contributed by atoms with Crippen LogP contribution in [0.3, 0.4) is 0 Å². The Hall–Kier alpha value is -2.79. The predicted octanol–water partition coefficient (Wildman–Crippen LogP) is 3.57. The van der Waals surface area contributed by atoms with Gasteiger partial charge in [0.05, 0.1) is 10.7 Å². The third-order valence-corrected chi connectivity index (χ3v) is 3.60. The van der Waals surface area contributed by atoms with Gasteiger partial charge in [-0.2, -0.15) is 0 Å². The van der Waals surface area contributed by atoms with Gasteiger partial charge in [-0.3, -0.25) is 9.78 Å². The molecule has 0 saturated carbocycles. The summed E-state index contributed by atoms with van der Waals surface area (Å²) in [6.45, 7) is 0.848. The van der Waals surface area contributed by atoms with Crippen LogP contribution in [0, 0.1) is 0 Å². The minimum atomic E-state index is -0.197. The summed E-state index contributed by atoms with van der Waals surface area (Å²) < 4.78 is 5.68. The van der Waals surface area contributed by atoms with Crippen molar-refractivity contribution in [2.24, 2.45) is 0 Å². The number of rotatable bonds is 6. The predicted molar refractivity (Wildman–Crippen MR) is 92.0 cm³/mol. The second kappa shape index (κ2) is 7.66. The number of amides is 1. The minimum Gasteiger partial charge on any atom is -0.487 e. The van der Waals surface area contributed by atoms with Gasteiger partial charge in [-0.15, -0.1) is 0 Å². The van der Waals surface area contributed by atoms with Gasteiger partial charge in [0, 0.05) is 18.9 Å². The monoisotopic (exact) mass is 341 g/mol. The van der Waals surface area contributed by atoms with Gasteiger partial charge in [-0.25, -0.2) is 0 Å². The molecule has 2 heterocycles. The SMILES string of the molecule is O=C(NCc1ccc(OCc2ccccn2)cc1)c1cc(Cl)c[nH]1. The van der Waals surface area contributed by atoms with E-state index >= 15 is 0 Å². The number of aromatic amines is 1. The van der Waals surface area contributed by atoms with Crippen LogP contribution < -0.4 is 10.1 Å². The second-order valence-corrected chi connectivity index (χ2v) is 5.60. The maximum atomic E-state index is 11.9. The van der Waals surface area contributed by atoms with Crippen LogP contribution >= 0.6 is 11.6 Å². The van der Waals surface area contributed by atoms with Crippen molar-refractivity contribution in [2.75, 3.05) is 0 Å². The fourth-order valence-corrected chi connectivity index (χ4v) is 2.28. The van der Waals surface area contributed by atoms with Crippen molar-refractivity contribution in [3.05, 3.63) is 82.9 Å². The number of nitrogens with zero attached hydrogens (tertiary/aromatic N) is 1. The fraction of sp³-hybridized carbons (Fsp3) is 0.111. The average molecular weight is 342 g/mol. The van der Waals surface area contributed by atoms with Gasteiger partial charge >= 0.3 is 0 Å². The van der Waals surface area contributed by atoms with E-state index in [1.165, 1.54) is 0 Å². The molecule has 3 rings (SSSR count). The fourth-order valence-electron chi connectivity index (χ4n) is 2.12. The number of nitrogens with one attached hydrogen (secondary N) is 2. The Kier molecular flexibility index (Phi) is 5.13. The topological polar surface area (TPSA) is 67.0 Å². The Morgan fingerprint density at radius 1 is 1.21 bits per heavy atom. The van der Waals surface area contributed by atoms with E-state index < -0.39 is 0 Å². The van der Waals surface area contributed by atoms with Crippen LogP contribution in [-0.4, -0.2) is 15.9 Å². The molecule has 0 bridgehead atoms. The summed E-state index contributed by atoms with van der Waals surface area (Å²) >= 11 is 5.78. The second-order valence-electron chi connectivity index (χ2n) is 5.17. The maximum Gasteiger partial charge on any atom is 0.268 e. The van der Waals surface area contributed by atoms with Crippen molar-refractivity contribution in [1.82, 2.24) is 15.3 Å². The van der Waals surface area contributed by atoms with E-state index in [2.05, 4.69) is 15.3 Å². The standard InChI is InChI=1S/C18H16ClN3O2/c19-14-9-17(21-11-14)18(23)22-10-13-4-6-16(7-5-13)24-12-15-3-1-2-8-20-15/h1-9,11,21H,10,12H2,(H,22,23). The van der Waals surface area contributed by atoms with Gasteiger partial charge in [0.1, 0.15) is 18.1 Å². The number of pyridine rings is 1. The quantitative estimate of drug-likeness (QED) is 0.720. The summed E-state index contributed by atoms with van der Waals surface area (Å²) in [4.78, 5) is 18.9. The highest BCUT2D eigenvalue weighted by atomic mass is 35.5. The van der Waals surface area contributed by atoms with Crippen LogP contribution in [0.4, 0.5) is 0 Å². The van der Waals surface area contributed by atoms with Crippen molar-refractivity contribution in [3.8, 4) is 5.75 Å². The highest BCUT2D eigenvalue weighted by Crippen LogP contribution is 2.14. The van der Waals surface area contributed by atoms with Crippen molar-refractivity contribution in [1.29, 1.82) is 0 Å². The van der Waals surface area contributed by atoms with Gasteiger partial charge < -0.3 is 15.0 Å².